The van der Waals surface area contributed by atoms with Crippen LogP contribution in [-0.4, -0.2) is 31.0 Å². The van der Waals surface area contributed by atoms with Crippen molar-refractivity contribution in [3.05, 3.63) is 17.3 Å². The molecule has 0 amide bonds. The first-order valence-electron chi connectivity index (χ1n) is 5.84. The van der Waals surface area contributed by atoms with Crippen LogP contribution in [0.3, 0.4) is 0 Å². The van der Waals surface area contributed by atoms with E-state index in [0.717, 1.165) is 6.07 Å². The van der Waals surface area contributed by atoms with Crippen molar-refractivity contribution in [3.8, 4) is 11.6 Å². The number of rotatable bonds is 6. The summed E-state index contributed by atoms with van der Waals surface area (Å²) in [5, 5.41) is 0. The molecule has 0 aliphatic carbocycles. The number of aromatic nitrogens is 1. The lowest BCUT2D eigenvalue weighted by Gasteiger charge is -2.15. The van der Waals surface area contributed by atoms with Gasteiger partial charge in [0.25, 0.3) is 0 Å². The van der Waals surface area contributed by atoms with Gasteiger partial charge in [0.1, 0.15) is 12.4 Å². The maximum Gasteiger partial charge on any atom is 0.573 e. The monoisotopic (exact) mass is 311 g/mol. The molecule has 0 bridgehead atoms. The zero-order valence-corrected chi connectivity index (χ0v) is 11.3. The Labute approximate surface area is 117 Å². The third-order valence-corrected chi connectivity index (χ3v) is 2.33. The standard InChI is InChI=1S/C12H13F4NO4/c1-3-20-11(18)4-8-7(6-13)9(21-12(14,15)16)5-10(17-8)19-2/h5H,3-4,6H2,1-2H3. The maximum atomic E-state index is 13.0. The predicted octanol–water partition coefficient (Wildman–Crippen LogP) is 2.56. The Balaban J connectivity index is 3.21. The molecule has 0 atom stereocenters. The molecule has 0 aromatic carbocycles. The summed E-state index contributed by atoms with van der Waals surface area (Å²) >= 11 is 0. The van der Waals surface area contributed by atoms with Gasteiger partial charge in [0.2, 0.25) is 5.88 Å². The summed E-state index contributed by atoms with van der Waals surface area (Å²) in [6.45, 7) is 0.363. The zero-order valence-electron chi connectivity index (χ0n) is 11.3. The summed E-state index contributed by atoms with van der Waals surface area (Å²) in [4.78, 5) is 15.2. The van der Waals surface area contributed by atoms with E-state index in [-0.39, 0.29) is 18.2 Å². The minimum atomic E-state index is -5.00. The third-order valence-electron chi connectivity index (χ3n) is 2.33. The lowest BCUT2D eigenvalue weighted by molar-refractivity contribution is -0.275. The summed E-state index contributed by atoms with van der Waals surface area (Å²) in [5.41, 5.74) is -0.698. The molecule has 0 aliphatic heterocycles. The van der Waals surface area contributed by atoms with Crippen LogP contribution < -0.4 is 9.47 Å². The summed E-state index contributed by atoms with van der Waals surface area (Å²) in [7, 11) is 1.17. The number of carbonyl (C=O) groups is 1. The molecule has 9 heteroatoms. The number of alkyl halides is 4. The van der Waals surface area contributed by atoms with Crippen LogP contribution >= 0.6 is 0 Å². The first-order valence-corrected chi connectivity index (χ1v) is 5.84. The highest BCUT2D eigenvalue weighted by Crippen LogP contribution is 2.32. The highest BCUT2D eigenvalue weighted by molar-refractivity contribution is 5.72. The molecule has 1 aromatic heterocycles. The highest BCUT2D eigenvalue weighted by Gasteiger charge is 2.33. The molecule has 1 aromatic rings. The molecule has 0 N–H and O–H groups in total. The molecule has 0 fully saturated rings. The van der Waals surface area contributed by atoms with Crippen molar-refractivity contribution in [2.75, 3.05) is 13.7 Å². The summed E-state index contributed by atoms with van der Waals surface area (Å²) < 4.78 is 63.1. The van der Waals surface area contributed by atoms with E-state index in [4.69, 9.17) is 4.74 Å². The van der Waals surface area contributed by atoms with Crippen molar-refractivity contribution >= 4 is 5.97 Å². The third kappa shape index (κ3) is 5.09. The fourth-order valence-electron chi connectivity index (χ4n) is 1.53. The number of hydrogen-bond acceptors (Lipinski definition) is 5. The second kappa shape index (κ2) is 7.09. The lowest BCUT2D eigenvalue weighted by atomic mass is 10.1. The molecule has 0 radical (unpaired) electrons. The first kappa shape index (κ1) is 17.0. The Kier molecular flexibility index (Phi) is 5.74. The Bertz CT molecular complexity index is 505. The van der Waals surface area contributed by atoms with Gasteiger partial charge in [-0.1, -0.05) is 0 Å². The van der Waals surface area contributed by atoms with Crippen molar-refractivity contribution in [2.24, 2.45) is 0 Å². The summed E-state index contributed by atoms with van der Waals surface area (Å²) in [6.07, 6.45) is -5.49. The van der Waals surface area contributed by atoms with E-state index in [1.807, 2.05) is 0 Å². The Morgan fingerprint density at radius 2 is 2.05 bits per heavy atom. The van der Waals surface area contributed by atoms with E-state index in [1.165, 1.54) is 7.11 Å². The molecule has 0 saturated carbocycles. The summed E-state index contributed by atoms with van der Waals surface area (Å²) in [5.74, 6) is -1.77. The van der Waals surface area contributed by atoms with E-state index in [9.17, 15) is 22.4 Å². The van der Waals surface area contributed by atoms with Gasteiger partial charge < -0.3 is 14.2 Å². The van der Waals surface area contributed by atoms with Gasteiger partial charge in [0, 0.05) is 11.6 Å². The van der Waals surface area contributed by atoms with Gasteiger partial charge >= 0.3 is 12.3 Å². The van der Waals surface area contributed by atoms with Crippen molar-refractivity contribution in [1.29, 1.82) is 0 Å². The molecule has 0 saturated heterocycles. The van der Waals surface area contributed by atoms with Gasteiger partial charge in [0.15, 0.2) is 0 Å². The van der Waals surface area contributed by atoms with Crippen LogP contribution in [0.2, 0.25) is 0 Å². The Hall–Kier alpha value is -2.06. The van der Waals surface area contributed by atoms with E-state index < -0.39 is 36.7 Å². The molecule has 0 aliphatic rings. The van der Waals surface area contributed by atoms with Gasteiger partial charge in [0.05, 0.1) is 25.8 Å². The minimum absolute atomic E-state index is 0.0830. The Morgan fingerprint density at radius 1 is 1.38 bits per heavy atom. The zero-order chi connectivity index (χ0) is 16.0. The number of pyridine rings is 1. The second-order valence-corrected chi connectivity index (χ2v) is 3.75. The van der Waals surface area contributed by atoms with Crippen molar-refractivity contribution in [3.63, 3.8) is 0 Å². The molecule has 1 rings (SSSR count). The minimum Gasteiger partial charge on any atom is -0.481 e. The van der Waals surface area contributed by atoms with Gasteiger partial charge in [-0.3, -0.25) is 4.79 Å². The van der Waals surface area contributed by atoms with Crippen LogP contribution in [-0.2, 0) is 22.6 Å². The van der Waals surface area contributed by atoms with Crippen molar-refractivity contribution in [2.45, 2.75) is 26.4 Å². The number of hydrogen-bond donors (Lipinski definition) is 0. The van der Waals surface area contributed by atoms with Crippen molar-refractivity contribution < 1.29 is 36.6 Å². The van der Waals surface area contributed by atoms with Crippen LogP contribution in [0.1, 0.15) is 18.2 Å². The lowest BCUT2D eigenvalue weighted by Crippen LogP contribution is -2.19. The van der Waals surface area contributed by atoms with E-state index >= 15 is 0 Å². The molecule has 118 valence electrons. The van der Waals surface area contributed by atoms with Crippen LogP contribution in [0.15, 0.2) is 6.07 Å². The van der Waals surface area contributed by atoms with E-state index in [1.54, 1.807) is 6.92 Å². The molecule has 5 nitrogen and oxygen atoms in total. The van der Waals surface area contributed by atoms with Gasteiger partial charge in [-0.15, -0.1) is 13.2 Å². The number of esters is 1. The van der Waals surface area contributed by atoms with E-state index in [2.05, 4.69) is 14.5 Å². The average Bonchev–Trinajstić information content (AvgIpc) is 2.36. The van der Waals surface area contributed by atoms with Crippen LogP contribution in [0.25, 0.3) is 0 Å². The van der Waals surface area contributed by atoms with Gasteiger partial charge in [-0.05, 0) is 6.92 Å². The van der Waals surface area contributed by atoms with Crippen LogP contribution in [0.4, 0.5) is 17.6 Å². The predicted molar refractivity (Wildman–Crippen MR) is 62.6 cm³/mol. The second-order valence-electron chi connectivity index (χ2n) is 3.75. The number of nitrogens with zero attached hydrogens (tertiary/aromatic N) is 1. The largest absolute Gasteiger partial charge is 0.573 e. The number of carbonyl (C=O) groups excluding carboxylic acids is 1. The molecular formula is C12H13F4NO4. The molecule has 1 heterocycles. The fraction of sp³-hybridized carbons (Fsp3) is 0.500. The average molecular weight is 311 g/mol. The highest BCUT2D eigenvalue weighted by atomic mass is 19.4. The van der Waals surface area contributed by atoms with Crippen LogP contribution in [0, 0.1) is 0 Å². The number of methoxy groups -OCH3 is 1. The smallest absolute Gasteiger partial charge is 0.481 e. The number of halogens is 4. The van der Waals surface area contributed by atoms with Gasteiger partial charge in [-0.25, -0.2) is 9.37 Å². The number of ether oxygens (including phenoxy) is 3. The maximum absolute atomic E-state index is 13.0. The first-order chi connectivity index (χ1) is 9.80. The molecule has 21 heavy (non-hydrogen) atoms. The topological polar surface area (TPSA) is 57.7 Å². The van der Waals surface area contributed by atoms with Crippen molar-refractivity contribution in [1.82, 2.24) is 4.98 Å². The summed E-state index contributed by atoms with van der Waals surface area (Å²) in [6, 6.07) is 0.803. The molecule has 0 unspecified atom stereocenters. The Morgan fingerprint density at radius 3 is 2.52 bits per heavy atom. The molecular weight excluding hydrogens is 298 g/mol. The SMILES string of the molecule is CCOC(=O)Cc1nc(OC)cc(OC(F)(F)F)c1CF. The van der Waals surface area contributed by atoms with Crippen LogP contribution in [0.5, 0.6) is 11.6 Å². The van der Waals surface area contributed by atoms with Gasteiger partial charge in [-0.2, -0.15) is 0 Å². The normalized spacial score (nSPS) is 11.1. The molecule has 0 spiro atoms. The van der Waals surface area contributed by atoms with E-state index in [0.29, 0.717) is 0 Å². The fourth-order valence-corrected chi connectivity index (χ4v) is 1.53. The quantitative estimate of drug-likeness (QED) is 0.597.